The Balaban J connectivity index is 1.87. The summed E-state index contributed by atoms with van der Waals surface area (Å²) in [6.07, 6.45) is 4.44. The molecule has 0 spiro atoms. The number of nitrogens with two attached hydrogens (primary N) is 1. The lowest BCUT2D eigenvalue weighted by Crippen LogP contribution is -2.37. The Labute approximate surface area is 166 Å². The molecule has 12 heteroatoms. The molecule has 0 saturated heterocycles. The third kappa shape index (κ3) is 6.88. The molecule has 2 rings (SSSR count). The fourth-order valence-electron chi connectivity index (χ4n) is 2.56. The number of aromatic nitrogens is 4. The maximum absolute atomic E-state index is 12.1. The van der Waals surface area contributed by atoms with Gasteiger partial charge in [-0.2, -0.15) is 18.3 Å². The van der Waals surface area contributed by atoms with Crippen molar-refractivity contribution in [2.45, 2.75) is 58.3 Å². The first kappa shape index (κ1) is 22.4. The van der Waals surface area contributed by atoms with Gasteiger partial charge in [-0.05, 0) is 12.8 Å². The first-order valence-electron chi connectivity index (χ1n) is 9.42. The number of imidazole rings is 1. The van der Waals surface area contributed by atoms with Gasteiger partial charge in [0, 0.05) is 32.0 Å². The molecule has 29 heavy (non-hydrogen) atoms. The number of rotatable bonds is 11. The maximum atomic E-state index is 12.1. The zero-order valence-electron chi connectivity index (χ0n) is 16.2. The number of hydrogen-bond acceptors (Lipinski definition) is 6. The van der Waals surface area contributed by atoms with E-state index in [9.17, 15) is 18.0 Å². The Morgan fingerprint density at radius 2 is 2.00 bits per heavy atom. The number of aryl methyl sites for hydroxylation is 2. The van der Waals surface area contributed by atoms with Gasteiger partial charge in [0.2, 0.25) is 5.95 Å². The van der Waals surface area contributed by atoms with Gasteiger partial charge < -0.3 is 15.6 Å². The Hall–Kier alpha value is -2.92. The predicted molar refractivity (Wildman–Crippen MR) is 101 cm³/mol. The highest BCUT2D eigenvalue weighted by atomic mass is 19.4. The van der Waals surface area contributed by atoms with Crippen molar-refractivity contribution in [2.24, 2.45) is 10.2 Å². The topological polar surface area (TPSA) is 115 Å². The molecule has 0 aliphatic rings. The second kappa shape index (κ2) is 10.6. The van der Waals surface area contributed by atoms with Crippen LogP contribution in [0, 0.1) is 0 Å². The molecular formula is C17H25F3N8O. The summed E-state index contributed by atoms with van der Waals surface area (Å²) in [7, 11) is 0. The molecule has 0 aliphatic heterocycles. The van der Waals surface area contributed by atoms with E-state index in [0.717, 1.165) is 25.7 Å². The molecule has 0 aromatic carbocycles. The van der Waals surface area contributed by atoms with Crippen LogP contribution in [0.5, 0.6) is 0 Å². The van der Waals surface area contributed by atoms with E-state index in [0.29, 0.717) is 24.6 Å². The van der Waals surface area contributed by atoms with Crippen molar-refractivity contribution in [3.63, 3.8) is 0 Å². The summed E-state index contributed by atoms with van der Waals surface area (Å²) in [6.45, 7) is 3.05. The number of anilines is 1. The van der Waals surface area contributed by atoms with Gasteiger partial charge in [0.15, 0.2) is 0 Å². The first-order chi connectivity index (χ1) is 13.8. The highest BCUT2D eigenvalue weighted by Gasteiger charge is 2.38. The number of halogens is 3. The van der Waals surface area contributed by atoms with Gasteiger partial charge in [-0.15, -0.1) is 10.2 Å². The van der Waals surface area contributed by atoms with Gasteiger partial charge in [-0.3, -0.25) is 4.79 Å². The molecule has 0 fully saturated rings. The molecule has 2 aromatic rings. The lowest BCUT2D eigenvalue weighted by Gasteiger charge is -2.08. The summed E-state index contributed by atoms with van der Waals surface area (Å²) < 4.78 is 39.7. The van der Waals surface area contributed by atoms with Gasteiger partial charge in [-0.25, -0.2) is 9.67 Å². The molecule has 9 nitrogen and oxygen atoms in total. The van der Waals surface area contributed by atoms with Crippen LogP contribution < -0.4 is 11.1 Å². The number of carbonyl (C=O) groups excluding carboxylic acids is 1. The minimum Gasteiger partial charge on any atom is -0.382 e. The second-order valence-corrected chi connectivity index (χ2v) is 6.43. The van der Waals surface area contributed by atoms with E-state index in [-0.39, 0.29) is 18.9 Å². The van der Waals surface area contributed by atoms with Crippen LogP contribution in [-0.4, -0.2) is 38.0 Å². The summed E-state index contributed by atoms with van der Waals surface area (Å²) in [5.41, 5.74) is 6.47. The summed E-state index contributed by atoms with van der Waals surface area (Å²) in [5, 5.41) is 14.2. The van der Waals surface area contributed by atoms with Crippen LogP contribution in [0.4, 0.5) is 30.6 Å². The van der Waals surface area contributed by atoms with Crippen molar-refractivity contribution in [1.29, 1.82) is 0 Å². The molecule has 3 N–H and O–H groups in total. The average molecular weight is 414 g/mol. The maximum Gasteiger partial charge on any atom is 0.471 e. The predicted octanol–water partition coefficient (Wildman–Crippen LogP) is 3.73. The summed E-state index contributed by atoms with van der Waals surface area (Å²) in [5.74, 6) is -1.26. The number of unbranched alkanes of at least 4 members (excludes halogenated alkanes) is 3. The van der Waals surface area contributed by atoms with E-state index in [1.807, 2.05) is 5.32 Å². The molecule has 2 aromatic heterocycles. The van der Waals surface area contributed by atoms with E-state index >= 15 is 0 Å². The van der Waals surface area contributed by atoms with Crippen molar-refractivity contribution < 1.29 is 18.0 Å². The molecule has 0 atom stereocenters. The first-order valence-corrected chi connectivity index (χ1v) is 9.42. The van der Waals surface area contributed by atoms with Gasteiger partial charge >= 0.3 is 12.1 Å². The van der Waals surface area contributed by atoms with E-state index in [1.54, 1.807) is 15.4 Å². The third-order valence-corrected chi connectivity index (χ3v) is 4.14. The van der Waals surface area contributed by atoms with Gasteiger partial charge in [0.1, 0.15) is 11.5 Å². The summed E-state index contributed by atoms with van der Waals surface area (Å²) in [6, 6.07) is 0. The van der Waals surface area contributed by atoms with E-state index in [2.05, 4.69) is 27.2 Å². The molecule has 1 amide bonds. The molecule has 2 heterocycles. The van der Waals surface area contributed by atoms with Crippen molar-refractivity contribution in [3.05, 3.63) is 18.6 Å². The van der Waals surface area contributed by atoms with Crippen LogP contribution in [0.1, 0.15) is 39.0 Å². The van der Waals surface area contributed by atoms with E-state index in [1.165, 1.54) is 12.4 Å². The van der Waals surface area contributed by atoms with Crippen LogP contribution >= 0.6 is 0 Å². The minimum absolute atomic E-state index is 0.120. The second-order valence-electron chi connectivity index (χ2n) is 6.43. The van der Waals surface area contributed by atoms with Gasteiger partial charge in [0.25, 0.3) is 0 Å². The van der Waals surface area contributed by atoms with E-state index in [4.69, 9.17) is 5.73 Å². The molecule has 0 unspecified atom stereocenters. The number of azo groups is 1. The number of nitrogens with one attached hydrogen (secondary N) is 1. The largest absolute Gasteiger partial charge is 0.471 e. The van der Waals surface area contributed by atoms with Crippen molar-refractivity contribution in [2.75, 3.05) is 12.3 Å². The lowest BCUT2D eigenvalue weighted by molar-refractivity contribution is -0.173. The van der Waals surface area contributed by atoms with Crippen LogP contribution in [-0.2, 0) is 17.9 Å². The quantitative estimate of drug-likeness (QED) is 0.430. The molecule has 0 radical (unpaired) electrons. The minimum atomic E-state index is -4.88. The smallest absolute Gasteiger partial charge is 0.382 e. The van der Waals surface area contributed by atoms with Crippen molar-refractivity contribution >= 4 is 23.4 Å². The summed E-state index contributed by atoms with van der Waals surface area (Å²) >= 11 is 0. The Bertz CT molecular complexity index is 812. The number of amides is 1. The highest BCUT2D eigenvalue weighted by Crippen LogP contribution is 2.24. The number of alkyl halides is 3. The standard InChI is InChI=1S/C17H25F3N8O/c1-2-3-4-5-10-28-14(21)13(12-24-28)25-26-16-23-8-11-27(16)9-6-7-22-15(29)17(18,19)20/h8,11-12H,2-7,9-10,21H2,1H3,(H,22,29)/b26-25+. The monoisotopic (exact) mass is 414 g/mol. The summed E-state index contributed by atoms with van der Waals surface area (Å²) in [4.78, 5) is 14.8. The Morgan fingerprint density at radius 1 is 1.21 bits per heavy atom. The normalized spacial score (nSPS) is 12.0. The number of carbonyl (C=O) groups is 1. The zero-order chi connectivity index (χ0) is 21.3. The Morgan fingerprint density at radius 3 is 2.72 bits per heavy atom. The zero-order valence-corrected chi connectivity index (χ0v) is 16.2. The van der Waals surface area contributed by atoms with Gasteiger partial charge in [0.05, 0.1) is 6.20 Å². The molecular weight excluding hydrogens is 389 g/mol. The molecule has 0 aliphatic carbocycles. The van der Waals surface area contributed by atoms with Crippen molar-refractivity contribution in [3.8, 4) is 0 Å². The molecule has 160 valence electrons. The van der Waals surface area contributed by atoms with E-state index < -0.39 is 12.1 Å². The number of nitrogens with zero attached hydrogens (tertiary/aromatic N) is 6. The van der Waals surface area contributed by atoms with Crippen LogP contribution in [0.25, 0.3) is 0 Å². The molecule has 0 bridgehead atoms. The fourth-order valence-corrected chi connectivity index (χ4v) is 2.56. The van der Waals surface area contributed by atoms with Crippen LogP contribution in [0.3, 0.4) is 0 Å². The average Bonchev–Trinajstić information content (AvgIpc) is 3.26. The lowest BCUT2D eigenvalue weighted by atomic mass is 10.2. The Kier molecular flexibility index (Phi) is 8.16. The number of hydrogen-bond donors (Lipinski definition) is 2. The number of nitrogen functional groups attached to an aromatic ring is 1. The third-order valence-electron chi connectivity index (χ3n) is 4.14. The van der Waals surface area contributed by atoms with Crippen LogP contribution in [0.2, 0.25) is 0 Å². The van der Waals surface area contributed by atoms with Crippen LogP contribution in [0.15, 0.2) is 28.8 Å². The SMILES string of the molecule is CCCCCCn1ncc(/N=N/c2nccn2CCCNC(=O)C(F)(F)F)c1N. The fraction of sp³-hybridized carbons (Fsp3) is 0.588. The highest BCUT2D eigenvalue weighted by molar-refractivity contribution is 5.81. The van der Waals surface area contributed by atoms with Gasteiger partial charge in [-0.1, -0.05) is 26.2 Å². The molecule has 0 saturated carbocycles. The van der Waals surface area contributed by atoms with Crippen molar-refractivity contribution in [1.82, 2.24) is 24.6 Å².